The Bertz CT molecular complexity index is 1310. The van der Waals surface area contributed by atoms with Gasteiger partial charge in [0.15, 0.2) is 5.13 Å². The number of thioether (sulfide) groups is 1. The lowest BCUT2D eigenvalue weighted by Crippen LogP contribution is -2.71. The first-order valence-electron chi connectivity index (χ1n) is 11.1. The number of ether oxygens (including phenoxy) is 2. The topological polar surface area (TPSA) is 158 Å². The van der Waals surface area contributed by atoms with Crippen molar-refractivity contribution in [3.63, 3.8) is 0 Å². The molecule has 1 aromatic heterocycles. The van der Waals surface area contributed by atoms with E-state index in [-0.39, 0.29) is 34.9 Å². The molecule has 0 bridgehead atoms. The Balaban J connectivity index is 1.50. The number of β-lactam (4-membered cyclic amide) rings is 1. The van der Waals surface area contributed by atoms with Crippen LogP contribution in [-0.2, 0) is 30.6 Å². The number of nitrogens with one attached hydrogen (secondary N) is 1. The predicted molar refractivity (Wildman–Crippen MR) is 143 cm³/mol. The van der Waals surface area contributed by atoms with Crippen LogP contribution in [0, 0.1) is 0 Å². The normalized spacial score (nSPS) is 19.2. The van der Waals surface area contributed by atoms with Gasteiger partial charge in [0.2, 0.25) is 11.5 Å². The second kappa shape index (κ2) is 12.3. The van der Waals surface area contributed by atoms with E-state index in [0.717, 1.165) is 17.1 Å². The molecule has 15 heteroatoms. The number of hydrogen-bond acceptors (Lipinski definition) is 12. The highest BCUT2D eigenvalue weighted by atomic mass is 35.5. The molecule has 38 heavy (non-hydrogen) atoms. The zero-order chi connectivity index (χ0) is 27.2. The number of allylic oxidation sites excluding steroid dienone is 2. The highest BCUT2D eigenvalue weighted by Gasteiger charge is 2.54. The smallest absolute Gasteiger partial charge is 0.355 e. The molecule has 0 aliphatic carbocycles. The zero-order valence-electron chi connectivity index (χ0n) is 20.3. The Kier molecular flexibility index (Phi) is 8.86. The highest BCUT2D eigenvalue weighted by Crippen LogP contribution is 2.41. The van der Waals surface area contributed by atoms with Crippen LogP contribution in [0.25, 0.3) is 0 Å². The number of carbonyl (C=O) groups excluding carboxylic acids is 3. The Morgan fingerprint density at radius 2 is 2.08 bits per heavy atom. The van der Waals surface area contributed by atoms with Crippen molar-refractivity contribution in [3.05, 3.63) is 59.1 Å². The van der Waals surface area contributed by atoms with E-state index < -0.39 is 29.2 Å². The summed E-state index contributed by atoms with van der Waals surface area (Å²) in [5, 5.41) is 5.93. The monoisotopic (exact) mass is 578 g/mol. The van der Waals surface area contributed by atoms with Crippen LogP contribution in [-0.4, -0.2) is 75.0 Å². The first-order valence-corrected chi connectivity index (χ1v) is 13.5. The molecule has 4 rings (SSSR count). The lowest BCUT2D eigenvalue weighted by Gasteiger charge is -2.49. The van der Waals surface area contributed by atoms with Gasteiger partial charge < -0.3 is 25.4 Å². The maximum absolute atomic E-state index is 13.2. The summed E-state index contributed by atoms with van der Waals surface area (Å²) in [7, 11) is 2.83. The van der Waals surface area contributed by atoms with Crippen molar-refractivity contribution in [2.45, 2.75) is 18.0 Å². The number of carbonyl (C=O) groups is 3. The quantitative estimate of drug-likeness (QED) is 0.140. The van der Waals surface area contributed by atoms with Crippen molar-refractivity contribution >= 4 is 63.5 Å². The number of halogens is 1. The van der Waals surface area contributed by atoms with Crippen LogP contribution in [0.3, 0.4) is 0 Å². The number of benzene rings is 1. The fourth-order valence-corrected chi connectivity index (χ4v) is 5.54. The van der Waals surface area contributed by atoms with Gasteiger partial charge in [-0.2, -0.15) is 9.36 Å². The second-order valence-corrected chi connectivity index (χ2v) is 9.99. The molecule has 2 aromatic rings. The highest BCUT2D eigenvalue weighted by molar-refractivity contribution is 8.00. The van der Waals surface area contributed by atoms with Gasteiger partial charge >= 0.3 is 5.97 Å². The maximum atomic E-state index is 13.2. The van der Waals surface area contributed by atoms with E-state index in [4.69, 9.17) is 31.6 Å². The summed E-state index contributed by atoms with van der Waals surface area (Å²) in [6.07, 6.45) is 3.37. The van der Waals surface area contributed by atoms with Crippen molar-refractivity contribution in [3.8, 4) is 5.75 Å². The summed E-state index contributed by atoms with van der Waals surface area (Å²) < 4.78 is 14.7. The third-order valence-electron chi connectivity index (χ3n) is 5.47. The Morgan fingerprint density at radius 1 is 1.32 bits per heavy atom. The molecule has 2 atom stereocenters. The van der Waals surface area contributed by atoms with Crippen LogP contribution in [0.1, 0.15) is 11.4 Å². The van der Waals surface area contributed by atoms with E-state index in [1.54, 1.807) is 43.5 Å². The van der Waals surface area contributed by atoms with Gasteiger partial charge in [0.1, 0.15) is 36.6 Å². The van der Waals surface area contributed by atoms with Gasteiger partial charge in [-0.3, -0.25) is 14.5 Å². The number of nitrogen functional groups attached to an aromatic ring is 1. The van der Waals surface area contributed by atoms with E-state index in [1.807, 2.05) is 0 Å². The lowest BCUT2D eigenvalue weighted by molar-refractivity contribution is -0.153. The second-order valence-electron chi connectivity index (χ2n) is 7.79. The minimum absolute atomic E-state index is 0.000549. The van der Waals surface area contributed by atoms with E-state index in [1.165, 1.54) is 23.8 Å². The molecule has 12 nitrogen and oxygen atoms in total. The molecular formula is C23H23ClN6O6S2. The molecule has 2 amide bonds. The average molecular weight is 579 g/mol. The number of nitrogens with zero attached hydrogens (tertiary/aromatic N) is 4. The maximum Gasteiger partial charge on any atom is 0.355 e. The van der Waals surface area contributed by atoms with Crippen molar-refractivity contribution in [1.29, 1.82) is 0 Å². The predicted octanol–water partition coefficient (Wildman–Crippen LogP) is 1.67. The van der Waals surface area contributed by atoms with E-state index >= 15 is 0 Å². The molecule has 0 unspecified atom stereocenters. The average Bonchev–Trinajstić information content (AvgIpc) is 3.37. The van der Waals surface area contributed by atoms with Crippen molar-refractivity contribution in [2.24, 2.45) is 5.16 Å². The molecule has 1 saturated heterocycles. The fraction of sp³-hybridized carbons (Fsp3) is 0.304. The summed E-state index contributed by atoms with van der Waals surface area (Å²) in [6, 6.07) is 6.14. The molecule has 2 aliphatic heterocycles. The zero-order valence-corrected chi connectivity index (χ0v) is 22.6. The molecule has 1 aromatic carbocycles. The summed E-state index contributed by atoms with van der Waals surface area (Å²) in [5.74, 6) is -0.588. The van der Waals surface area contributed by atoms with E-state index in [0.29, 0.717) is 17.1 Å². The molecule has 3 heterocycles. The lowest BCUT2D eigenvalue weighted by atomic mass is 10.0. The fourth-order valence-electron chi connectivity index (χ4n) is 3.70. The Morgan fingerprint density at radius 3 is 2.71 bits per heavy atom. The minimum atomic E-state index is -0.923. The number of oxime groups is 1. The molecule has 200 valence electrons. The van der Waals surface area contributed by atoms with Crippen LogP contribution in [0.15, 0.2) is 52.8 Å². The van der Waals surface area contributed by atoms with Gasteiger partial charge in [0.05, 0.1) is 7.11 Å². The van der Waals surface area contributed by atoms with Crippen LogP contribution in [0.2, 0.25) is 0 Å². The van der Waals surface area contributed by atoms with Gasteiger partial charge in [0, 0.05) is 23.2 Å². The number of amides is 2. The number of nitrogens with two attached hydrogens (primary N) is 1. The van der Waals surface area contributed by atoms with E-state index in [2.05, 4.69) is 19.8 Å². The van der Waals surface area contributed by atoms with E-state index in [9.17, 15) is 14.4 Å². The standard InChI is InChI=1S/C23H23ClN6O6S2/c1-34-14-7-5-12(6-8-14)10-36-22(33)17-13(4-3-9-24)11-37-21-16(20(32)30(17)21)26-19(31)15(28-35-2)18-27-23(25)38-29-18/h3-8,16,21H,9-11H2,1-2H3,(H,26,31)(H2,25,27,29)/b4-3-,28-15-/t16-,21-/m1/s1. The number of anilines is 1. The van der Waals surface area contributed by atoms with Gasteiger partial charge in [0.25, 0.3) is 11.8 Å². The van der Waals surface area contributed by atoms with Gasteiger partial charge in [-0.15, -0.1) is 23.4 Å². The van der Waals surface area contributed by atoms with Crippen molar-refractivity contribution < 1.29 is 28.7 Å². The molecule has 0 spiro atoms. The number of methoxy groups -OCH3 is 1. The minimum Gasteiger partial charge on any atom is -0.497 e. The first-order chi connectivity index (χ1) is 18.4. The van der Waals surface area contributed by atoms with Crippen LogP contribution in [0.4, 0.5) is 5.13 Å². The number of hydrogen-bond donors (Lipinski definition) is 2. The number of fused-ring (bicyclic) bond motifs is 1. The first kappa shape index (κ1) is 27.4. The third-order valence-corrected chi connectivity index (χ3v) is 7.49. The summed E-state index contributed by atoms with van der Waals surface area (Å²) in [5.41, 5.74) is 6.83. The largest absolute Gasteiger partial charge is 0.497 e. The molecule has 0 radical (unpaired) electrons. The number of rotatable bonds is 10. The van der Waals surface area contributed by atoms with Gasteiger partial charge in [-0.25, -0.2) is 4.79 Å². The molecule has 1 fully saturated rings. The molecular weight excluding hydrogens is 556 g/mol. The van der Waals surface area contributed by atoms with Crippen LogP contribution in [0.5, 0.6) is 5.75 Å². The number of alkyl halides is 1. The molecule has 2 aliphatic rings. The summed E-state index contributed by atoms with van der Waals surface area (Å²) >= 11 is 8.08. The molecule has 3 N–H and O–H groups in total. The Hall–Kier alpha value is -3.62. The van der Waals surface area contributed by atoms with Crippen molar-refractivity contribution in [1.82, 2.24) is 19.6 Å². The third kappa shape index (κ3) is 5.76. The SMILES string of the molecule is CO/N=C(\C(=O)N[C@@H]1C(=O)N2C(C(=O)OCc3ccc(OC)cc3)=C(/C=C\CCl)CS[C@H]12)c1nsc(N)n1. The number of aromatic nitrogens is 2. The Labute approximate surface area is 231 Å². The van der Waals surface area contributed by atoms with Crippen LogP contribution < -0.4 is 15.8 Å². The number of esters is 1. The summed E-state index contributed by atoms with van der Waals surface area (Å²) in [4.78, 5) is 49.4. The van der Waals surface area contributed by atoms with Crippen LogP contribution >= 0.6 is 34.9 Å². The van der Waals surface area contributed by atoms with Gasteiger partial charge in [-0.05, 0) is 23.3 Å². The van der Waals surface area contributed by atoms with Gasteiger partial charge in [-0.1, -0.05) is 29.4 Å². The molecule has 0 saturated carbocycles. The summed E-state index contributed by atoms with van der Waals surface area (Å²) in [6.45, 7) is -0.000549. The van der Waals surface area contributed by atoms with Crippen molar-refractivity contribution in [2.75, 3.05) is 31.6 Å².